The van der Waals surface area contributed by atoms with Crippen LogP contribution in [0.3, 0.4) is 0 Å². The van der Waals surface area contributed by atoms with Crippen LogP contribution in [0.25, 0.3) is 0 Å². The van der Waals surface area contributed by atoms with E-state index < -0.39 is 0 Å². The van der Waals surface area contributed by atoms with Crippen LogP contribution in [0, 0.1) is 0 Å². The molecule has 0 bridgehead atoms. The number of fused-ring (bicyclic) bond motifs is 1. The van der Waals surface area contributed by atoms with E-state index in [9.17, 15) is 0 Å². The maximum Gasteiger partial charge on any atom is 0.0590 e. The average Bonchev–Trinajstić information content (AvgIpc) is 2.30. The van der Waals surface area contributed by atoms with Crippen molar-refractivity contribution < 1.29 is 0 Å². The molecule has 1 atom stereocenters. The van der Waals surface area contributed by atoms with E-state index in [1.807, 2.05) is 11.8 Å². The number of thioether (sulfide) groups is 1. The molecule has 2 heteroatoms. The third kappa shape index (κ3) is 1.76. The van der Waals surface area contributed by atoms with Gasteiger partial charge in [0.25, 0.3) is 0 Å². The van der Waals surface area contributed by atoms with E-state index in [4.69, 9.17) is 0 Å². The normalized spacial score (nSPS) is 24.7. The topological polar surface area (TPSA) is 0 Å². The van der Waals surface area contributed by atoms with Gasteiger partial charge < -0.3 is 0 Å². The van der Waals surface area contributed by atoms with Gasteiger partial charge in [0.05, 0.1) is 3.92 Å². The molecule has 0 fully saturated rings. The average molecular weight is 328 g/mol. The summed E-state index contributed by atoms with van der Waals surface area (Å²) in [7, 11) is 0. The Hall–Kier alpha value is 0.0400. The van der Waals surface area contributed by atoms with E-state index in [2.05, 4.69) is 46.9 Å². The molecule has 1 aromatic rings. The Morgan fingerprint density at radius 1 is 1.13 bits per heavy atom. The fraction of sp³-hybridized carbons (Fsp3) is 0.385. The number of alkyl halides is 1. The second kappa shape index (κ2) is 4.13. The molecule has 15 heavy (non-hydrogen) atoms. The van der Waals surface area contributed by atoms with Crippen LogP contribution >= 0.6 is 34.4 Å². The van der Waals surface area contributed by atoms with Crippen molar-refractivity contribution in [3.05, 3.63) is 40.3 Å². The van der Waals surface area contributed by atoms with Gasteiger partial charge >= 0.3 is 0 Å². The largest absolute Gasteiger partial charge is 0.0942 e. The van der Waals surface area contributed by atoms with E-state index in [1.54, 1.807) is 10.5 Å². The zero-order chi connectivity index (χ0) is 10.3. The van der Waals surface area contributed by atoms with Crippen molar-refractivity contribution in [2.75, 3.05) is 0 Å². The molecule has 0 saturated heterocycles. The summed E-state index contributed by atoms with van der Waals surface area (Å²) in [5, 5.41) is 0. The predicted octanol–water partition coefficient (Wildman–Crippen LogP) is 5.10. The molecule has 1 aromatic carbocycles. The van der Waals surface area contributed by atoms with Crippen LogP contribution in [0.5, 0.6) is 0 Å². The fourth-order valence-corrected chi connectivity index (χ4v) is 5.36. The van der Waals surface area contributed by atoms with Crippen molar-refractivity contribution in [1.29, 1.82) is 0 Å². The number of halogens is 1. The fourth-order valence-electron chi connectivity index (χ4n) is 2.39. The maximum absolute atomic E-state index is 2.61. The van der Waals surface area contributed by atoms with Crippen molar-refractivity contribution in [2.24, 2.45) is 0 Å². The van der Waals surface area contributed by atoms with E-state index >= 15 is 0 Å². The number of hydrogen-bond donors (Lipinski definition) is 0. The van der Waals surface area contributed by atoms with Crippen molar-refractivity contribution >= 4 is 34.4 Å². The van der Waals surface area contributed by atoms with Gasteiger partial charge in [-0.2, -0.15) is 0 Å². The molecule has 0 amide bonds. The Balaban J connectivity index is 2.07. The third-order valence-corrected chi connectivity index (χ3v) is 5.92. The van der Waals surface area contributed by atoms with Crippen LogP contribution in [0.2, 0.25) is 0 Å². The van der Waals surface area contributed by atoms with Gasteiger partial charge in [0.1, 0.15) is 0 Å². The van der Waals surface area contributed by atoms with E-state index in [0.29, 0.717) is 3.92 Å². The Morgan fingerprint density at radius 3 is 2.87 bits per heavy atom. The third-order valence-electron chi connectivity index (χ3n) is 3.19. The van der Waals surface area contributed by atoms with Crippen molar-refractivity contribution in [3.63, 3.8) is 0 Å². The van der Waals surface area contributed by atoms with Gasteiger partial charge in [-0.3, -0.25) is 0 Å². The zero-order valence-electron chi connectivity index (χ0n) is 8.50. The lowest BCUT2D eigenvalue weighted by atomic mass is 9.93. The Labute approximate surface area is 109 Å². The van der Waals surface area contributed by atoms with Gasteiger partial charge in [-0.25, -0.2) is 0 Å². The van der Waals surface area contributed by atoms with E-state index in [0.717, 1.165) is 0 Å². The maximum atomic E-state index is 2.61. The number of hydrogen-bond acceptors (Lipinski definition) is 1. The molecule has 0 N–H and O–H groups in total. The molecule has 1 aliphatic carbocycles. The molecule has 2 aliphatic rings. The van der Waals surface area contributed by atoms with Crippen molar-refractivity contribution in [2.45, 2.75) is 34.5 Å². The summed E-state index contributed by atoms with van der Waals surface area (Å²) in [5.74, 6) is 0. The van der Waals surface area contributed by atoms with E-state index in [-0.39, 0.29) is 0 Å². The van der Waals surface area contributed by atoms with Crippen molar-refractivity contribution in [3.8, 4) is 0 Å². The number of benzene rings is 1. The second-order valence-corrected chi connectivity index (χ2v) is 6.54. The first-order chi connectivity index (χ1) is 7.36. The Kier molecular flexibility index (Phi) is 2.81. The summed E-state index contributed by atoms with van der Waals surface area (Å²) in [6, 6.07) is 8.88. The first-order valence-corrected chi connectivity index (χ1v) is 7.55. The highest BCUT2D eigenvalue weighted by molar-refractivity contribution is 14.1. The van der Waals surface area contributed by atoms with Crippen LogP contribution in [0.4, 0.5) is 0 Å². The number of rotatable bonds is 0. The lowest BCUT2D eigenvalue weighted by Crippen LogP contribution is -2.08. The molecule has 3 rings (SSSR count). The molecular formula is C13H13IS. The molecule has 1 aliphatic heterocycles. The molecular weight excluding hydrogens is 315 g/mol. The molecule has 0 radical (unpaired) electrons. The summed E-state index contributed by atoms with van der Waals surface area (Å²) in [6.45, 7) is 0. The Morgan fingerprint density at radius 2 is 1.93 bits per heavy atom. The minimum absolute atomic E-state index is 0.635. The minimum atomic E-state index is 0.635. The predicted molar refractivity (Wildman–Crippen MR) is 74.6 cm³/mol. The SMILES string of the molecule is IC1C2=C(CCCC2)Sc2ccccc21. The van der Waals surface area contributed by atoms with Gasteiger partial charge in [-0.15, -0.1) is 0 Å². The first kappa shape index (κ1) is 10.2. The highest BCUT2D eigenvalue weighted by atomic mass is 127. The molecule has 1 unspecified atom stereocenters. The molecule has 0 spiro atoms. The lowest BCUT2D eigenvalue weighted by molar-refractivity contribution is 0.677. The van der Waals surface area contributed by atoms with Gasteiger partial charge in [0.2, 0.25) is 0 Å². The van der Waals surface area contributed by atoms with Gasteiger partial charge in [-0.05, 0) is 47.8 Å². The highest BCUT2D eigenvalue weighted by Crippen LogP contribution is 2.52. The monoisotopic (exact) mass is 328 g/mol. The highest BCUT2D eigenvalue weighted by Gasteiger charge is 2.27. The summed E-state index contributed by atoms with van der Waals surface area (Å²) >= 11 is 4.63. The zero-order valence-corrected chi connectivity index (χ0v) is 11.5. The minimum Gasteiger partial charge on any atom is -0.0942 e. The molecule has 1 heterocycles. The van der Waals surface area contributed by atoms with E-state index in [1.165, 1.54) is 36.1 Å². The molecule has 0 aromatic heterocycles. The Bertz CT molecular complexity index is 422. The smallest absolute Gasteiger partial charge is 0.0590 e. The van der Waals surface area contributed by atoms with Crippen LogP contribution in [0.1, 0.15) is 35.2 Å². The van der Waals surface area contributed by atoms with Gasteiger partial charge in [-0.1, -0.05) is 52.6 Å². The summed E-state index contributed by atoms with van der Waals surface area (Å²) in [5.41, 5.74) is 3.24. The van der Waals surface area contributed by atoms with Crippen LogP contribution in [0.15, 0.2) is 39.6 Å². The summed E-state index contributed by atoms with van der Waals surface area (Å²) < 4.78 is 0.635. The standard InChI is InChI=1S/C13H13IS/c14-13-9-5-1-3-7-11(9)15-12-8-4-2-6-10(12)13/h1,3,5,7,13H,2,4,6,8H2. The van der Waals surface area contributed by atoms with Crippen LogP contribution in [-0.2, 0) is 0 Å². The lowest BCUT2D eigenvalue weighted by Gasteiger charge is -2.30. The van der Waals surface area contributed by atoms with Crippen LogP contribution in [-0.4, -0.2) is 0 Å². The molecule has 78 valence electrons. The van der Waals surface area contributed by atoms with Crippen molar-refractivity contribution in [1.82, 2.24) is 0 Å². The first-order valence-electron chi connectivity index (χ1n) is 5.49. The van der Waals surface area contributed by atoms with Gasteiger partial charge in [0.15, 0.2) is 0 Å². The number of allylic oxidation sites excluding steroid dienone is 2. The second-order valence-electron chi connectivity index (χ2n) is 4.16. The summed E-state index contributed by atoms with van der Waals surface area (Å²) in [4.78, 5) is 3.15. The van der Waals surface area contributed by atoms with Crippen LogP contribution < -0.4 is 0 Å². The molecule has 0 nitrogen and oxygen atoms in total. The van der Waals surface area contributed by atoms with Gasteiger partial charge in [0, 0.05) is 4.90 Å². The quantitative estimate of drug-likeness (QED) is 0.472. The summed E-state index contributed by atoms with van der Waals surface area (Å²) in [6.07, 6.45) is 5.41. The molecule has 0 saturated carbocycles.